The third-order valence-electron chi connectivity index (χ3n) is 9.89. The molecular weight excluding hydrogens is 741 g/mol. The second-order valence-corrected chi connectivity index (χ2v) is 19.3. The largest absolute Gasteiger partial charge is 0.354 e. The summed E-state index contributed by atoms with van der Waals surface area (Å²) in [6, 6.07) is -1.95. The minimum Gasteiger partial charge on any atom is -0.354 e. The molecule has 1 aromatic rings. The highest BCUT2D eigenvalue weighted by Crippen LogP contribution is 2.50. The highest BCUT2D eigenvalue weighted by Gasteiger charge is 2.52. The quantitative estimate of drug-likeness (QED) is 0.152. The number of carbonyl (C=O) groups is 7. The van der Waals surface area contributed by atoms with Gasteiger partial charge in [-0.3, -0.25) is 33.6 Å². The van der Waals surface area contributed by atoms with Gasteiger partial charge in [-0.05, 0) is 62.5 Å². The Hall–Kier alpha value is -3.33. The number of thioether (sulfide) groups is 2. The molecule has 13 nitrogen and oxygen atoms in total. The Morgan fingerprint density at radius 3 is 1.95 bits per heavy atom. The number of rotatable bonds is 11. The van der Waals surface area contributed by atoms with Crippen molar-refractivity contribution in [1.82, 2.24) is 31.2 Å². The van der Waals surface area contributed by atoms with E-state index < -0.39 is 70.0 Å². The number of nitrogens with one attached hydrogen (secondary N) is 5. The van der Waals surface area contributed by atoms with Gasteiger partial charge in [-0.1, -0.05) is 79.6 Å². The van der Waals surface area contributed by atoms with E-state index in [4.69, 9.17) is 0 Å². The molecule has 2 saturated heterocycles. The lowest BCUT2D eigenvalue weighted by atomic mass is 9.85. The van der Waals surface area contributed by atoms with Crippen molar-refractivity contribution in [3.63, 3.8) is 0 Å². The number of aromatic nitrogens is 1. The van der Waals surface area contributed by atoms with Crippen LogP contribution in [0.15, 0.2) is 0 Å². The summed E-state index contributed by atoms with van der Waals surface area (Å²) in [5, 5.41) is 10.5. The lowest BCUT2D eigenvalue weighted by molar-refractivity contribution is -0.144. The van der Waals surface area contributed by atoms with Crippen LogP contribution in [0, 0.1) is 19.3 Å². The van der Waals surface area contributed by atoms with Gasteiger partial charge in [0.2, 0.25) is 23.5 Å². The molecule has 5 amide bonds. The van der Waals surface area contributed by atoms with E-state index in [1.54, 1.807) is 58.1 Å². The summed E-state index contributed by atoms with van der Waals surface area (Å²) >= 11 is 3.41. The van der Waals surface area contributed by atoms with E-state index in [1.807, 2.05) is 0 Å². The Labute approximate surface area is 335 Å². The van der Waals surface area contributed by atoms with Crippen LogP contribution in [0.2, 0.25) is 0 Å². The fourth-order valence-electron chi connectivity index (χ4n) is 6.66. The lowest BCUT2D eigenvalue weighted by Crippen LogP contribution is -2.59. The number of amides is 5. The molecule has 2 unspecified atom stereocenters. The first-order valence-electron chi connectivity index (χ1n) is 19.9. The molecule has 2 aliphatic carbocycles. The van der Waals surface area contributed by atoms with E-state index in [0.29, 0.717) is 17.7 Å². The molecule has 2 aliphatic heterocycles. The number of Topliss-reactive ketones (excluding diaryl/α,β-unsaturated/α-hetero) is 2. The number of ketones is 2. The average Bonchev–Trinajstić information content (AvgIpc) is 3.81. The van der Waals surface area contributed by atoms with Gasteiger partial charge in [0.25, 0.3) is 11.8 Å². The Morgan fingerprint density at radius 2 is 1.44 bits per heavy atom. The van der Waals surface area contributed by atoms with Crippen molar-refractivity contribution in [3.05, 3.63) is 22.5 Å². The van der Waals surface area contributed by atoms with Crippen LogP contribution in [0.4, 0.5) is 0 Å². The second-order valence-electron chi connectivity index (χ2n) is 16.1. The average molecular weight is 805 g/mol. The van der Waals surface area contributed by atoms with Crippen LogP contribution >= 0.6 is 23.5 Å². The maximum absolute atomic E-state index is 14.2. The van der Waals surface area contributed by atoms with Crippen LogP contribution in [0.1, 0.15) is 144 Å². The molecule has 4 fully saturated rings. The van der Waals surface area contributed by atoms with Gasteiger partial charge in [-0.25, -0.2) is 0 Å². The van der Waals surface area contributed by atoms with Crippen LogP contribution in [-0.2, 0) is 24.0 Å². The van der Waals surface area contributed by atoms with Crippen molar-refractivity contribution < 1.29 is 33.6 Å². The van der Waals surface area contributed by atoms with Gasteiger partial charge in [0.1, 0.15) is 17.8 Å². The maximum atomic E-state index is 14.2. The number of hydrogen-bond acceptors (Lipinski definition) is 9. The van der Waals surface area contributed by atoms with Crippen LogP contribution in [0.5, 0.6) is 0 Å². The molecule has 0 aromatic carbocycles. The third-order valence-corrected chi connectivity index (χ3v) is 13.2. The summed E-state index contributed by atoms with van der Waals surface area (Å²) in [5.74, 6) is -2.24. The van der Waals surface area contributed by atoms with Crippen molar-refractivity contribution in [1.29, 1.82) is 0 Å². The monoisotopic (exact) mass is 804 g/mol. The number of aromatic amines is 1. The summed E-state index contributed by atoms with van der Waals surface area (Å²) in [6.07, 6.45) is 13.3. The summed E-state index contributed by atoms with van der Waals surface area (Å²) in [6.45, 7) is 13.8. The summed E-state index contributed by atoms with van der Waals surface area (Å²) in [7, 11) is 0. The van der Waals surface area contributed by atoms with Crippen LogP contribution in [0.3, 0.4) is 0 Å². The smallest absolute Gasteiger partial charge is 0.289 e. The van der Waals surface area contributed by atoms with E-state index in [9.17, 15) is 33.6 Å². The predicted molar refractivity (Wildman–Crippen MR) is 219 cm³/mol. The highest BCUT2D eigenvalue weighted by molar-refractivity contribution is 8.18. The normalized spacial score (nSPS) is 19.4. The minimum absolute atomic E-state index is 0.00745. The van der Waals surface area contributed by atoms with Gasteiger partial charge in [0.15, 0.2) is 5.78 Å². The molecule has 2 saturated carbocycles. The van der Waals surface area contributed by atoms with Crippen LogP contribution < -0.4 is 21.3 Å². The molecule has 0 radical (unpaired) electrons. The minimum atomic E-state index is -1.05. The molecule has 5 N–H and O–H groups in total. The standard InChI is InChI=1S/C31H44N6O7S2.C6H12.C3H8/c1-16-17(2)34-24(23(16)18(3)38)28(43)33-14-22(40)36-25(30(4,5)6)29(44)37-15-31(45-10-7-11-46-31)12-20(37)26(41)32-13-21(39)27(42)35-19-8-9-19;1-2-4-6-5-3-1;1-3-2/h19-20,25,34H,7-15H2,1-6H3,(H,32,41)(H,33,43)(H,35,42)(H,36,40);1-6H2;3H2,1-2H3. The fraction of sp³-hybridized carbons (Fsp3) is 0.725. The molecule has 2 atom stereocenters. The highest BCUT2D eigenvalue weighted by atomic mass is 32.2. The Morgan fingerprint density at radius 1 is 0.873 bits per heavy atom. The first-order chi connectivity index (χ1) is 25.9. The van der Waals surface area contributed by atoms with Crippen molar-refractivity contribution in [2.45, 2.75) is 148 Å². The van der Waals surface area contributed by atoms with Gasteiger partial charge < -0.3 is 31.2 Å². The van der Waals surface area contributed by atoms with Gasteiger partial charge in [0, 0.05) is 24.7 Å². The zero-order valence-corrected chi connectivity index (χ0v) is 35.8. The van der Waals surface area contributed by atoms with Crippen molar-refractivity contribution in [2.24, 2.45) is 5.41 Å². The van der Waals surface area contributed by atoms with E-state index in [0.717, 1.165) is 30.8 Å². The number of likely N-dealkylation sites (tertiary alicyclic amines) is 1. The lowest BCUT2D eigenvalue weighted by Gasteiger charge is -2.36. The maximum Gasteiger partial charge on any atom is 0.289 e. The molecule has 3 heterocycles. The fourth-order valence-corrected chi connectivity index (χ4v) is 10.0. The number of hydrogen-bond donors (Lipinski definition) is 5. The summed E-state index contributed by atoms with van der Waals surface area (Å²) < 4.78 is -0.412. The van der Waals surface area contributed by atoms with E-state index in [1.165, 1.54) is 56.8 Å². The van der Waals surface area contributed by atoms with Crippen LogP contribution in [-0.4, -0.2) is 104 Å². The Bertz CT molecular complexity index is 1530. The van der Waals surface area contributed by atoms with Crippen molar-refractivity contribution >= 4 is 64.6 Å². The molecule has 15 heteroatoms. The molecule has 5 rings (SSSR count). The Balaban J connectivity index is 0.000000799. The summed E-state index contributed by atoms with van der Waals surface area (Å²) in [4.78, 5) is 94.8. The second kappa shape index (κ2) is 21.3. The number of nitrogens with zero attached hydrogens (tertiary/aromatic N) is 1. The SMILES string of the molecule is C1CCCCC1.CC(=O)c1c(C(=O)NCC(=O)NC(C(=O)N2CC3(CC2C(=O)NCC(=O)C(=O)NC2CC2)SCCCS3)C(C)(C)C)[nH]c(C)c1C.CCC. The zero-order valence-electron chi connectivity index (χ0n) is 34.2. The van der Waals surface area contributed by atoms with Crippen molar-refractivity contribution in [3.8, 4) is 0 Å². The summed E-state index contributed by atoms with van der Waals surface area (Å²) in [5.41, 5.74) is 0.880. The van der Waals surface area contributed by atoms with Gasteiger partial charge in [-0.15, -0.1) is 23.5 Å². The molecular formula is C40H64N6O7S2. The molecule has 1 aromatic heterocycles. The molecule has 308 valence electrons. The third kappa shape index (κ3) is 13.7. The first kappa shape index (κ1) is 46.1. The Kier molecular flexibility index (Phi) is 17.8. The number of aryl methyl sites for hydroxylation is 1. The van der Waals surface area contributed by atoms with Gasteiger partial charge in [0.05, 0.1) is 22.7 Å². The first-order valence-corrected chi connectivity index (χ1v) is 21.9. The van der Waals surface area contributed by atoms with E-state index >= 15 is 0 Å². The predicted octanol–water partition coefficient (Wildman–Crippen LogP) is 4.98. The van der Waals surface area contributed by atoms with Crippen molar-refractivity contribution in [2.75, 3.05) is 31.1 Å². The zero-order chi connectivity index (χ0) is 40.9. The molecule has 0 bridgehead atoms. The van der Waals surface area contributed by atoms with Gasteiger partial charge >= 0.3 is 0 Å². The van der Waals surface area contributed by atoms with Crippen LogP contribution in [0.25, 0.3) is 0 Å². The number of carbonyl (C=O) groups excluding carboxylic acids is 7. The van der Waals surface area contributed by atoms with E-state index in [-0.39, 0.29) is 29.6 Å². The molecule has 1 spiro atoms. The van der Waals surface area contributed by atoms with Gasteiger partial charge in [-0.2, -0.15) is 0 Å². The number of H-pyrrole nitrogens is 1. The molecule has 4 aliphatic rings. The topological polar surface area (TPSA) is 187 Å². The van der Waals surface area contributed by atoms with E-state index in [2.05, 4.69) is 40.1 Å². The molecule has 55 heavy (non-hydrogen) atoms.